The predicted octanol–water partition coefficient (Wildman–Crippen LogP) is 2.49. The minimum atomic E-state index is 0.0794. The summed E-state index contributed by atoms with van der Waals surface area (Å²) in [6, 6.07) is 6.36. The van der Waals surface area contributed by atoms with Gasteiger partial charge in [0.05, 0.1) is 13.2 Å². The van der Waals surface area contributed by atoms with Crippen molar-refractivity contribution in [1.29, 1.82) is 0 Å². The number of nitrogens with zero attached hydrogens (tertiary/aromatic N) is 1. The lowest BCUT2D eigenvalue weighted by Crippen LogP contribution is -2.53. The Morgan fingerprint density at radius 2 is 2.22 bits per heavy atom. The van der Waals surface area contributed by atoms with Crippen LogP contribution in [0.25, 0.3) is 0 Å². The summed E-state index contributed by atoms with van der Waals surface area (Å²) in [5, 5.41) is 9.93. The van der Waals surface area contributed by atoms with Gasteiger partial charge in [0.2, 0.25) is 0 Å². The topological polar surface area (TPSA) is 32.7 Å². The molecule has 2 aliphatic rings. The minimum Gasteiger partial charge on any atom is -0.508 e. The molecule has 3 heteroatoms. The van der Waals surface area contributed by atoms with E-state index >= 15 is 0 Å². The number of phenolic OH excluding ortho intramolecular Hbond substituents is 1. The highest BCUT2D eigenvalue weighted by molar-refractivity contribution is 5.44. The summed E-state index contributed by atoms with van der Waals surface area (Å²) in [6.45, 7) is 7.07. The van der Waals surface area contributed by atoms with Gasteiger partial charge in [0, 0.05) is 18.1 Å². The first-order chi connectivity index (χ1) is 8.59. The zero-order chi connectivity index (χ0) is 12.8. The van der Waals surface area contributed by atoms with Crippen molar-refractivity contribution in [3.05, 3.63) is 29.3 Å². The van der Waals surface area contributed by atoms with Crippen molar-refractivity contribution in [3.8, 4) is 5.75 Å². The number of phenols is 1. The molecule has 0 bridgehead atoms. The average Bonchev–Trinajstić information content (AvgIpc) is 2.74. The van der Waals surface area contributed by atoms with E-state index in [1.807, 2.05) is 6.07 Å². The summed E-state index contributed by atoms with van der Waals surface area (Å²) in [4.78, 5) is 2.54. The van der Waals surface area contributed by atoms with Gasteiger partial charge in [0.15, 0.2) is 0 Å². The monoisotopic (exact) mass is 247 g/mol. The van der Waals surface area contributed by atoms with E-state index in [9.17, 15) is 5.11 Å². The normalized spacial score (nSPS) is 27.1. The molecule has 1 heterocycles. The quantitative estimate of drug-likeness (QED) is 0.827. The molecule has 3 rings (SSSR count). The second-order valence-electron chi connectivity index (χ2n) is 5.96. The van der Waals surface area contributed by atoms with Gasteiger partial charge in [-0.1, -0.05) is 12.1 Å². The number of benzene rings is 1. The second kappa shape index (κ2) is 4.25. The van der Waals surface area contributed by atoms with Gasteiger partial charge in [-0.15, -0.1) is 0 Å². The van der Waals surface area contributed by atoms with Crippen LogP contribution in [0.15, 0.2) is 18.2 Å². The van der Waals surface area contributed by atoms with Gasteiger partial charge in [-0.2, -0.15) is 0 Å². The smallest absolute Gasteiger partial charge is 0.119 e. The highest BCUT2D eigenvalue weighted by Gasteiger charge is 2.39. The van der Waals surface area contributed by atoms with E-state index in [1.54, 1.807) is 6.07 Å². The molecule has 1 N–H and O–H groups in total. The molecule has 98 valence electrons. The molecule has 0 amide bonds. The molecule has 0 radical (unpaired) electrons. The highest BCUT2D eigenvalue weighted by Crippen LogP contribution is 2.42. The molecule has 18 heavy (non-hydrogen) atoms. The van der Waals surface area contributed by atoms with Crippen molar-refractivity contribution in [2.75, 3.05) is 19.8 Å². The zero-order valence-electron chi connectivity index (χ0n) is 11.1. The molecule has 1 fully saturated rings. The third kappa shape index (κ3) is 1.82. The van der Waals surface area contributed by atoms with Crippen molar-refractivity contribution in [2.45, 2.75) is 38.3 Å². The Balaban J connectivity index is 1.94. The first kappa shape index (κ1) is 12.0. The number of rotatable bonds is 1. The SMILES string of the molecule is CC1(C)COCCN1C1CCc2c(O)cccc21. The van der Waals surface area contributed by atoms with E-state index in [-0.39, 0.29) is 5.54 Å². The van der Waals surface area contributed by atoms with Gasteiger partial charge in [-0.25, -0.2) is 0 Å². The number of hydrogen-bond donors (Lipinski definition) is 1. The van der Waals surface area contributed by atoms with E-state index < -0.39 is 0 Å². The molecule has 1 atom stereocenters. The molecule has 0 aromatic heterocycles. The van der Waals surface area contributed by atoms with E-state index in [0.29, 0.717) is 11.8 Å². The summed E-state index contributed by atoms with van der Waals surface area (Å²) in [5.41, 5.74) is 2.53. The molecule has 1 unspecified atom stereocenters. The second-order valence-corrected chi connectivity index (χ2v) is 5.96. The van der Waals surface area contributed by atoms with Crippen LogP contribution in [0.4, 0.5) is 0 Å². The number of aromatic hydroxyl groups is 1. The van der Waals surface area contributed by atoms with Crippen molar-refractivity contribution in [2.24, 2.45) is 0 Å². The molecule has 1 saturated heterocycles. The summed E-state index contributed by atoms with van der Waals surface area (Å²) in [7, 11) is 0. The van der Waals surface area contributed by atoms with Crippen LogP contribution in [0.1, 0.15) is 37.4 Å². The van der Waals surface area contributed by atoms with Gasteiger partial charge in [0.25, 0.3) is 0 Å². The fourth-order valence-electron chi connectivity index (χ4n) is 3.38. The first-order valence-corrected chi connectivity index (χ1v) is 6.75. The number of ether oxygens (including phenoxy) is 1. The van der Waals surface area contributed by atoms with Crippen LogP contribution in [0, 0.1) is 0 Å². The predicted molar refractivity (Wildman–Crippen MR) is 70.8 cm³/mol. The Kier molecular flexibility index (Phi) is 2.83. The third-order valence-electron chi connectivity index (χ3n) is 4.30. The summed E-state index contributed by atoms with van der Waals surface area (Å²) in [5.74, 6) is 0.459. The zero-order valence-corrected chi connectivity index (χ0v) is 11.1. The molecule has 1 aliphatic carbocycles. The van der Waals surface area contributed by atoms with Crippen molar-refractivity contribution in [1.82, 2.24) is 4.90 Å². The van der Waals surface area contributed by atoms with E-state index in [1.165, 1.54) is 5.56 Å². The molecule has 1 aromatic rings. The lowest BCUT2D eigenvalue weighted by Gasteiger charge is -2.46. The Morgan fingerprint density at radius 3 is 3.00 bits per heavy atom. The fourth-order valence-corrected chi connectivity index (χ4v) is 3.38. The molecular formula is C15H21NO2. The Labute approximate surface area is 108 Å². The van der Waals surface area contributed by atoms with Crippen LogP contribution in [-0.2, 0) is 11.2 Å². The van der Waals surface area contributed by atoms with Crippen LogP contribution in [0.5, 0.6) is 5.75 Å². The number of morpholine rings is 1. The molecule has 1 aromatic carbocycles. The van der Waals surface area contributed by atoms with Crippen LogP contribution >= 0.6 is 0 Å². The van der Waals surface area contributed by atoms with Crippen molar-refractivity contribution >= 4 is 0 Å². The Hall–Kier alpha value is -1.06. The Bertz CT molecular complexity index is 456. The number of fused-ring (bicyclic) bond motifs is 1. The van der Waals surface area contributed by atoms with Crippen LogP contribution in [0.3, 0.4) is 0 Å². The van der Waals surface area contributed by atoms with Crippen LogP contribution in [0.2, 0.25) is 0 Å². The average molecular weight is 247 g/mol. The highest BCUT2D eigenvalue weighted by atomic mass is 16.5. The van der Waals surface area contributed by atoms with Gasteiger partial charge < -0.3 is 9.84 Å². The van der Waals surface area contributed by atoms with Gasteiger partial charge >= 0.3 is 0 Å². The molecule has 0 saturated carbocycles. The number of hydrogen-bond acceptors (Lipinski definition) is 3. The minimum absolute atomic E-state index is 0.0794. The maximum atomic E-state index is 9.93. The van der Waals surface area contributed by atoms with Gasteiger partial charge in [-0.05, 0) is 43.9 Å². The van der Waals surface area contributed by atoms with Crippen LogP contribution in [-0.4, -0.2) is 35.3 Å². The van der Waals surface area contributed by atoms with Crippen molar-refractivity contribution < 1.29 is 9.84 Å². The summed E-state index contributed by atoms with van der Waals surface area (Å²) >= 11 is 0. The third-order valence-corrected chi connectivity index (χ3v) is 4.30. The van der Waals surface area contributed by atoms with E-state index in [0.717, 1.165) is 38.2 Å². The standard InChI is InChI=1S/C15H21NO2/c1-15(2)10-18-9-8-16(15)13-7-6-12-11(13)4-3-5-14(12)17/h3-5,13,17H,6-10H2,1-2H3. The van der Waals surface area contributed by atoms with Crippen molar-refractivity contribution in [3.63, 3.8) is 0 Å². The first-order valence-electron chi connectivity index (χ1n) is 6.75. The Morgan fingerprint density at radius 1 is 1.39 bits per heavy atom. The van der Waals surface area contributed by atoms with Crippen LogP contribution < -0.4 is 0 Å². The summed E-state index contributed by atoms with van der Waals surface area (Å²) in [6.07, 6.45) is 2.09. The van der Waals surface area contributed by atoms with E-state index in [2.05, 4.69) is 24.8 Å². The maximum absolute atomic E-state index is 9.93. The molecule has 0 spiro atoms. The molecular weight excluding hydrogens is 226 g/mol. The maximum Gasteiger partial charge on any atom is 0.119 e. The summed E-state index contributed by atoms with van der Waals surface area (Å²) < 4.78 is 5.60. The molecule has 1 aliphatic heterocycles. The fraction of sp³-hybridized carbons (Fsp3) is 0.600. The lowest BCUT2D eigenvalue weighted by atomic mass is 9.96. The van der Waals surface area contributed by atoms with E-state index in [4.69, 9.17) is 4.74 Å². The van der Waals surface area contributed by atoms with Gasteiger partial charge in [0.1, 0.15) is 5.75 Å². The van der Waals surface area contributed by atoms with Gasteiger partial charge in [-0.3, -0.25) is 4.90 Å². The largest absolute Gasteiger partial charge is 0.508 e. The lowest BCUT2D eigenvalue weighted by molar-refractivity contribution is -0.0726. The molecule has 3 nitrogen and oxygen atoms in total.